The third-order valence-electron chi connectivity index (χ3n) is 3.30. The van der Waals surface area contributed by atoms with Crippen molar-refractivity contribution in [3.05, 3.63) is 52.4 Å². The van der Waals surface area contributed by atoms with Gasteiger partial charge in [-0.2, -0.15) is 0 Å². The van der Waals surface area contributed by atoms with Gasteiger partial charge in [-0.3, -0.25) is 4.98 Å². The zero-order valence-corrected chi connectivity index (χ0v) is 11.6. The van der Waals surface area contributed by atoms with E-state index in [4.69, 9.17) is 12.2 Å². The van der Waals surface area contributed by atoms with Crippen molar-refractivity contribution in [2.45, 2.75) is 13.8 Å². The summed E-state index contributed by atoms with van der Waals surface area (Å²) in [5.41, 5.74) is 2.89. The molecule has 0 fully saturated rings. The van der Waals surface area contributed by atoms with Crippen molar-refractivity contribution in [1.29, 1.82) is 0 Å². The first-order chi connectivity index (χ1) is 9.16. The quantitative estimate of drug-likeness (QED) is 0.678. The standard InChI is InChI=1S/C15H13N3S/c1-9-10(2)17-14(18-15(9)19)13-12-6-4-3-5-11(12)7-8-16-13/h3-8H,1-2H3,(H,17,18,19). The van der Waals surface area contributed by atoms with Gasteiger partial charge in [0.15, 0.2) is 5.82 Å². The summed E-state index contributed by atoms with van der Waals surface area (Å²) in [4.78, 5) is 12.2. The first-order valence-corrected chi connectivity index (χ1v) is 6.49. The maximum Gasteiger partial charge on any atom is 0.158 e. The molecular weight excluding hydrogens is 254 g/mol. The Hall–Kier alpha value is -2.07. The van der Waals surface area contributed by atoms with Crippen LogP contribution in [0.4, 0.5) is 0 Å². The Labute approximate surface area is 116 Å². The van der Waals surface area contributed by atoms with Crippen molar-refractivity contribution in [1.82, 2.24) is 15.0 Å². The number of aromatic nitrogens is 3. The molecule has 1 aromatic carbocycles. The largest absolute Gasteiger partial charge is 0.342 e. The van der Waals surface area contributed by atoms with E-state index in [0.717, 1.165) is 33.5 Å². The van der Waals surface area contributed by atoms with E-state index in [0.29, 0.717) is 4.64 Å². The number of nitrogens with zero attached hydrogens (tertiary/aromatic N) is 2. The Morgan fingerprint density at radius 3 is 2.68 bits per heavy atom. The molecule has 94 valence electrons. The van der Waals surface area contributed by atoms with Gasteiger partial charge < -0.3 is 4.98 Å². The highest BCUT2D eigenvalue weighted by atomic mass is 32.1. The van der Waals surface area contributed by atoms with Crippen molar-refractivity contribution >= 4 is 23.0 Å². The molecule has 0 unspecified atom stereocenters. The van der Waals surface area contributed by atoms with Gasteiger partial charge in [-0.25, -0.2) is 4.98 Å². The summed E-state index contributed by atoms with van der Waals surface area (Å²) < 4.78 is 0.626. The smallest absolute Gasteiger partial charge is 0.158 e. The van der Waals surface area contributed by atoms with Gasteiger partial charge >= 0.3 is 0 Å². The predicted octanol–water partition coefficient (Wildman–Crippen LogP) is 3.97. The number of rotatable bonds is 1. The Balaban J connectivity index is 2.34. The van der Waals surface area contributed by atoms with E-state index in [1.165, 1.54) is 0 Å². The molecule has 0 amide bonds. The number of aromatic amines is 1. The molecule has 0 saturated heterocycles. The summed E-state index contributed by atoms with van der Waals surface area (Å²) >= 11 is 5.29. The van der Waals surface area contributed by atoms with Gasteiger partial charge in [0, 0.05) is 22.8 Å². The minimum absolute atomic E-state index is 0.626. The van der Waals surface area contributed by atoms with E-state index in [2.05, 4.69) is 21.0 Å². The fourth-order valence-electron chi connectivity index (χ4n) is 2.07. The summed E-state index contributed by atoms with van der Waals surface area (Å²) in [7, 11) is 0. The summed E-state index contributed by atoms with van der Waals surface area (Å²) in [6.07, 6.45) is 1.80. The lowest BCUT2D eigenvalue weighted by molar-refractivity contribution is 1.05. The number of nitrogens with one attached hydrogen (secondary N) is 1. The second-order valence-corrected chi connectivity index (χ2v) is 4.91. The summed E-state index contributed by atoms with van der Waals surface area (Å²) in [6.45, 7) is 3.98. The molecule has 2 aromatic heterocycles. The maximum absolute atomic E-state index is 5.29. The average Bonchev–Trinajstić information content (AvgIpc) is 2.43. The lowest BCUT2D eigenvalue weighted by Crippen LogP contribution is -1.98. The number of aryl methyl sites for hydroxylation is 1. The molecule has 19 heavy (non-hydrogen) atoms. The van der Waals surface area contributed by atoms with Gasteiger partial charge in [-0.15, -0.1) is 0 Å². The minimum atomic E-state index is 0.626. The number of benzene rings is 1. The maximum atomic E-state index is 5.29. The molecule has 0 aliphatic heterocycles. The lowest BCUT2D eigenvalue weighted by Gasteiger charge is -2.07. The van der Waals surface area contributed by atoms with E-state index in [1.807, 2.05) is 38.1 Å². The predicted molar refractivity (Wildman–Crippen MR) is 79.6 cm³/mol. The first-order valence-electron chi connectivity index (χ1n) is 6.08. The van der Waals surface area contributed by atoms with E-state index < -0.39 is 0 Å². The van der Waals surface area contributed by atoms with Crippen LogP contribution in [0.3, 0.4) is 0 Å². The molecule has 0 aliphatic rings. The van der Waals surface area contributed by atoms with Crippen LogP contribution in [0.25, 0.3) is 22.3 Å². The topological polar surface area (TPSA) is 41.6 Å². The molecule has 3 nitrogen and oxygen atoms in total. The van der Waals surface area contributed by atoms with Gasteiger partial charge in [0.05, 0.1) is 0 Å². The molecule has 0 saturated carbocycles. The van der Waals surface area contributed by atoms with E-state index in [1.54, 1.807) is 6.20 Å². The Kier molecular flexibility index (Phi) is 2.87. The van der Waals surface area contributed by atoms with Crippen molar-refractivity contribution in [2.24, 2.45) is 0 Å². The summed E-state index contributed by atoms with van der Waals surface area (Å²) in [5.74, 6) is 0.727. The highest BCUT2D eigenvalue weighted by molar-refractivity contribution is 7.71. The molecule has 4 heteroatoms. The number of hydrogen-bond acceptors (Lipinski definition) is 3. The first kappa shape index (κ1) is 12.0. The fourth-order valence-corrected chi connectivity index (χ4v) is 2.31. The van der Waals surface area contributed by atoms with Crippen LogP contribution in [0.1, 0.15) is 11.3 Å². The number of H-pyrrole nitrogens is 1. The highest BCUT2D eigenvalue weighted by Crippen LogP contribution is 2.24. The average molecular weight is 267 g/mol. The van der Waals surface area contributed by atoms with Gasteiger partial charge in [0.2, 0.25) is 0 Å². The van der Waals surface area contributed by atoms with Crippen LogP contribution in [-0.4, -0.2) is 15.0 Å². The van der Waals surface area contributed by atoms with E-state index >= 15 is 0 Å². The second kappa shape index (κ2) is 4.55. The van der Waals surface area contributed by atoms with Crippen molar-refractivity contribution in [3.63, 3.8) is 0 Å². The van der Waals surface area contributed by atoms with Crippen molar-refractivity contribution < 1.29 is 0 Å². The summed E-state index contributed by atoms with van der Waals surface area (Å²) in [5, 5.41) is 2.22. The van der Waals surface area contributed by atoms with Crippen molar-refractivity contribution in [3.8, 4) is 11.5 Å². The normalized spacial score (nSPS) is 10.8. The number of pyridine rings is 1. The Morgan fingerprint density at radius 1 is 1.11 bits per heavy atom. The zero-order valence-electron chi connectivity index (χ0n) is 10.8. The Bertz CT molecular complexity index is 816. The molecular formula is C15H13N3S. The highest BCUT2D eigenvalue weighted by Gasteiger charge is 2.08. The minimum Gasteiger partial charge on any atom is -0.342 e. The molecule has 3 rings (SSSR count). The molecule has 0 radical (unpaired) electrons. The molecule has 3 aromatic rings. The van der Waals surface area contributed by atoms with E-state index in [9.17, 15) is 0 Å². The number of hydrogen-bond donors (Lipinski definition) is 1. The molecule has 2 heterocycles. The van der Waals surface area contributed by atoms with Crippen LogP contribution in [0, 0.1) is 18.5 Å². The van der Waals surface area contributed by atoms with Crippen LogP contribution < -0.4 is 0 Å². The third kappa shape index (κ3) is 2.04. The number of fused-ring (bicyclic) bond motifs is 1. The summed E-state index contributed by atoms with van der Waals surface area (Å²) in [6, 6.07) is 10.1. The molecule has 0 spiro atoms. The van der Waals surface area contributed by atoms with E-state index in [-0.39, 0.29) is 0 Å². The Morgan fingerprint density at radius 2 is 1.89 bits per heavy atom. The van der Waals surface area contributed by atoms with Gasteiger partial charge in [0.25, 0.3) is 0 Å². The second-order valence-electron chi connectivity index (χ2n) is 4.52. The van der Waals surface area contributed by atoms with Gasteiger partial charge in [-0.1, -0.05) is 36.5 Å². The lowest BCUT2D eigenvalue weighted by atomic mass is 10.1. The third-order valence-corrected chi connectivity index (χ3v) is 3.70. The van der Waals surface area contributed by atoms with Gasteiger partial charge in [0.1, 0.15) is 10.3 Å². The van der Waals surface area contributed by atoms with Crippen molar-refractivity contribution in [2.75, 3.05) is 0 Å². The molecule has 0 atom stereocenters. The van der Waals surface area contributed by atoms with Crippen LogP contribution in [0.15, 0.2) is 36.5 Å². The molecule has 0 bridgehead atoms. The molecule has 1 N–H and O–H groups in total. The van der Waals surface area contributed by atoms with Crippen LogP contribution in [0.5, 0.6) is 0 Å². The van der Waals surface area contributed by atoms with Crippen LogP contribution in [-0.2, 0) is 0 Å². The monoisotopic (exact) mass is 267 g/mol. The molecule has 0 aliphatic carbocycles. The van der Waals surface area contributed by atoms with Crippen LogP contribution in [0.2, 0.25) is 0 Å². The van der Waals surface area contributed by atoms with Crippen LogP contribution >= 0.6 is 12.2 Å². The SMILES string of the molecule is Cc1[nH]c(-c2nccc3ccccc23)nc(=S)c1C. The van der Waals surface area contributed by atoms with Gasteiger partial charge in [-0.05, 0) is 25.3 Å². The zero-order chi connectivity index (χ0) is 13.4. The fraction of sp³-hybridized carbons (Fsp3) is 0.133.